The predicted molar refractivity (Wildman–Crippen MR) is 97.8 cm³/mol. The SMILES string of the molecule is Cc1cc(C(C(=O)N2C[C@H](O)C[C@H]2C2=NOC3(CCCC3)N2)C(C)C)on1. The van der Waals surface area contributed by atoms with Crippen LogP contribution >= 0.6 is 0 Å². The first-order valence-corrected chi connectivity index (χ1v) is 9.84. The van der Waals surface area contributed by atoms with Gasteiger partial charge in [-0.25, -0.2) is 0 Å². The summed E-state index contributed by atoms with van der Waals surface area (Å²) in [6.07, 6.45) is 3.91. The van der Waals surface area contributed by atoms with E-state index in [0.717, 1.165) is 31.4 Å². The highest BCUT2D eigenvalue weighted by Crippen LogP contribution is 2.36. The molecule has 3 heterocycles. The summed E-state index contributed by atoms with van der Waals surface area (Å²) in [5, 5.41) is 21.9. The molecule has 148 valence electrons. The van der Waals surface area contributed by atoms with Crippen molar-refractivity contribution >= 4 is 11.7 Å². The number of hydrogen-bond acceptors (Lipinski definition) is 7. The number of nitrogens with one attached hydrogen (secondary N) is 1. The second-order valence-corrected chi connectivity index (χ2v) is 8.38. The number of β-amino-alcohol motifs (C(OH)–C–C–N with tert-alkyl or cyclic N) is 1. The Hall–Kier alpha value is -2.09. The van der Waals surface area contributed by atoms with E-state index in [-0.39, 0.29) is 24.4 Å². The van der Waals surface area contributed by atoms with Crippen LogP contribution in [0.1, 0.15) is 63.3 Å². The normalized spacial score (nSPS) is 27.7. The molecular weight excluding hydrogens is 348 g/mol. The Kier molecular flexibility index (Phi) is 4.61. The fraction of sp³-hybridized carbons (Fsp3) is 0.737. The molecule has 1 unspecified atom stereocenters. The summed E-state index contributed by atoms with van der Waals surface area (Å²) in [6, 6.07) is 1.50. The number of likely N-dealkylation sites (tertiary alicyclic amines) is 1. The average Bonchev–Trinajstić information content (AvgIpc) is 3.38. The molecule has 3 atom stereocenters. The molecule has 1 saturated heterocycles. The number of carbonyl (C=O) groups excluding carboxylic acids is 1. The number of oxime groups is 1. The molecule has 2 N–H and O–H groups in total. The first-order valence-electron chi connectivity index (χ1n) is 9.84. The Morgan fingerprint density at radius 1 is 1.41 bits per heavy atom. The standard InChI is InChI=1S/C19H28N4O4/c1-11(2)16(15-8-12(3)21-26-15)18(25)23-10-13(24)9-14(23)17-20-19(27-22-17)6-4-5-7-19/h8,11,13-14,16,24H,4-7,9-10H2,1-3H3,(H,20,22)/t13-,14+,16?/m1/s1. The number of aliphatic hydroxyl groups is 1. The number of nitrogens with zero attached hydrogens (tertiary/aromatic N) is 3. The summed E-state index contributed by atoms with van der Waals surface area (Å²) in [5.74, 6) is 0.747. The maximum atomic E-state index is 13.4. The fourth-order valence-electron chi connectivity index (χ4n) is 4.48. The molecule has 0 bridgehead atoms. The van der Waals surface area contributed by atoms with Gasteiger partial charge in [0, 0.05) is 31.9 Å². The number of hydrogen-bond donors (Lipinski definition) is 2. The Bertz CT molecular complexity index is 738. The van der Waals surface area contributed by atoms with Gasteiger partial charge in [0.15, 0.2) is 5.84 Å². The third-order valence-electron chi connectivity index (χ3n) is 5.85. The number of aromatic nitrogens is 1. The third-order valence-corrected chi connectivity index (χ3v) is 5.85. The number of aliphatic hydroxyl groups excluding tert-OH is 1. The maximum Gasteiger partial charge on any atom is 0.234 e. The minimum absolute atomic E-state index is 0.0409. The van der Waals surface area contributed by atoms with Gasteiger partial charge in [0.1, 0.15) is 11.7 Å². The van der Waals surface area contributed by atoms with Crippen LogP contribution in [-0.2, 0) is 9.63 Å². The molecular formula is C19H28N4O4. The van der Waals surface area contributed by atoms with E-state index in [2.05, 4.69) is 15.6 Å². The van der Waals surface area contributed by atoms with E-state index in [1.54, 1.807) is 4.90 Å². The van der Waals surface area contributed by atoms with Crippen molar-refractivity contribution in [3.05, 3.63) is 17.5 Å². The van der Waals surface area contributed by atoms with Gasteiger partial charge in [-0.1, -0.05) is 24.2 Å². The van der Waals surface area contributed by atoms with Crippen molar-refractivity contribution in [1.29, 1.82) is 0 Å². The number of amides is 1. The number of amidine groups is 1. The van der Waals surface area contributed by atoms with Crippen LogP contribution in [0.5, 0.6) is 0 Å². The van der Waals surface area contributed by atoms with Crippen molar-refractivity contribution in [3.8, 4) is 0 Å². The van der Waals surface area contributed by atoms with Crippen molar-refractivity contribution in [2.45, 2.75) is 76.7 Å². The third kappa shape index (κ3) is 3.31. The molecule has 1 aliphatic carbocycles. The van der Waals surface area contributed by atoms with E-state index in [1.165, 1.54) is 0 Å². The van der Waals surface area contributed by atoms with Gasteiger partial charge in [-0.3, -0.25) is 4.79 Å². The Labute approximate surface area is 158 Å². The molecule has 1 saturated carbocycles. The van der Waals surface area contributed by atoms with Gasteiger partial charge in [0.25, 0.3) is 0 Å². The van der Waals surface area contributed by atoms with Crippen LogP contribution in [0.3, 0.4) is 0 Å². The molecule has 4 rings (SSSR count). The second-order valence-electron chi connectivity index (χ2n) is 8.38. The zero-order valence-electron chi connectivity index (χ0n) is 16.1. The van der Waals surface area contributed by atoms with Gasteiger partial charge in [-0.05, 0) is 25.7 Å². The molecule has 2 fully saturated rings. The van der Waals surface area contributed by atoms with Gasteiger partial charge in [-0.2, -0.15) is 0 Å². The molecule has 1 amide bonds. The van der Waals surface area contributed by atoms with E-state index in [4.69, 9.17) is 9.36 Å². The molecule has 3 aliphatic rings. The van der Waals surface area contributed by atoms with E-state index >= 15 is 0 Å². The van der Waals surface area contributed by atoms with Crippen molar-refractivity contribution in [3.63, 3.8) is 0 Å². The van der Waals surface area contributed by atoms with E-state index < -0.39 is 17.7 Å². The molecule has 1 spiro atoms. The van der Waals surface area contributed by atoms with Crippen LogP contribution in [0.15, 0.2) is 15.7 Å². The number of rotatable bonds is 4. The van der Waals surface area contributed by atoms with Crippen LogP contribution < -0.4 is 5.32 Å². The number of carbonyl (C=O) groups is 1. The highest BCUT2D eigenvalue weighted by Gasteiger charge is 2.48. The topological polar surface area (TPSA) is 100 Å². The van der Waals surface area contributed by atoms with E-state index in [1.807, 2.05) is 26.8 Å². The summed E-state index contributed by atoms with van der Waals surface area (Å²) in [7, 11) is 0. The Balaban J connectivity index is 1.56. The molecule has 0 aromatic carbocycles. The van der Waals surface area contributed by atoms with Gasteiger partial charge < -0.3 is 24.7 Å². The first kappa shape index (κ1) is 18.3. The average molecular weight is 376 g/mol. The molecule has 8 nitrogen and oxygen atoms in total. The quantitative estimate of drug-likeness (QED) is 0.832. The van der Waals surface area contributed by atoms with Crippen molar-refractivity contribution in [2.75, 3.05) is 6.54 Å². The maximum absolute atomic E-state index is 13.4. The van der Waals surface area contributed by atoms with Gasteiger partial charge in [0.2, 0.25) is 11.6 Å². The van der Waals surface area contributed by atoms with Crippen molar-refractivity contribution in [1.82, 2.24) is 15.4 Å². The van der Waals surface area contributed by atoms with E-state index in [9.17, 15) is 9.90 Å². The Morgan fingerprint density at radius 2 is 2.15 bits per heavy atom. The Morgan fingerprint density at radius 3 is 2.78 bits per heavy atom. The zero-order valence-corrected chi connectivity index (χ0v) is 16.1. The van der Waals surface area contributed by atoms with E-state index in [0.29, 0.717) is 18.0 Å². The lowest BCUT2D eigenvalue weighted by molar-refractivity contribution is -0.134. The smallest absolute Gasteiger partial charge is 0.234 e. The molecule has 2 aliphatic heterocycles. The van der Waals surface area contributed by atoms with Crippen LogP contribution in [0.4, 0.5) is 0 Å². The van der Waals surface area contributed by atoms with Crippen LogP contribution in [0.2, 0.25) is 0 Å². The summed E-state index contributed by atoms with van der Waals surface area (Å²) in [6.45, 7) is 6.11. The first-order chi connectivity index (χ1) is 12.9. The summed E-state index contributed by atoms with van der Waals surface area (Å²) >= 11 is 0. The molecule has 8 heteroatoms. The summed E-state index contributed by atoms with van der Waals surface area (Å²) < 4.78 is 5.40. The largest absolute Gasteiger partial charge is 0.391 e. The van der Waals surface area contributed by atoms with Gasteiger partial charge >= 0.3 is 0 Å². The van der Waals surface area contributed by atoms with Gasteiger partial charge in [-0.15, -0.1) is 0 Å². The van der Waals surface area contributed by atoms with Gasteiger partial charge in [0.05, 0.1) is 17.8 Å². The van der Waals surface area contributed by atoms with Crippen LogP contribution in [0, 0.1) is 12.8 Å². The molecule has 27 heavy (non-hydrogen) atoms. The lowest BCUT2D eigenvalue weighted by atomic mass is 9.91. The monoisotopic (exact) mass is 376 g/mol. The lowest BCUT2D eigenvalue weighted by Gasteiger charge is -2.30. The molecule has 1 aromatic rings. The highest BCUT2D eigenvalue weighted by molar-refractivity contribution is 5.94. The minimum atomic E-state index is -0.576. The second kappa shape index (κ2) is 6.82. The fourth-order valence-corrected chi connectivity index (χ4v) is 4.48. The van der Waals surface area contributed by atoms with Crippen LogP contribution in [0.25, 0.3) is 0 Å². The van der Waals surface area contributed by atoms with Crippen LogP contribution in [-0.4, -0.2) is 51.3 Å². The molecule has 1 aromatic heterocycles. The zero-order chi connectivity index (χ0) is 19.2. The lowest BCUT2D eigenvalue weighted by Crippen LogP contribution is -2.51. The minimum Gasteiger partial charge on any atom is -0.391 e. The summed E-state index contributed by atoms with van der Waals surface area (Å²) in [5.41, 5.74) is 0.330. The predicted octanol–water partition coefficient (Wildman–Crippen LogP) is 1.89. The molecule has 0 radical (unpaired) electrons. The van der Waals surface area contributed by atoms with Crippen molar-refractivity contribution in [2.24, 2.45) is 11.1 Å². The summed E-state index contributed by atoms with van der Waals surface area (Å²) in [4.78, 5) is 20.9. The number of aryl methyl sites for hydroxylation is 1. The van der Waals surface area contributed by atoms with Crippen molar-refractivity contribution < 1.29 is 19.3 Å². The highest BCUT2D eigenvalue weighted by atomic mass is 16.7.